The van der Waals surface area contributed by atoms with Crippen molar-refractivity contribution in [2.75, 3.05) is 0 Å². The van der Waals surface area contributed by atoms with Crippen molar-refractivity contribution in [3.63, 3.8) is 0 Å². The molecule has 0 unspecified atom stereocenters. The number of halogens is 4. The average Bonchev–Trinajstić information content (AvgIpc) is 1.98. The molecule has 0 bridgehead atoms. The third-order valence-electron chi connectivity index (χ3n) is 1.69. The van der Waals surface area contributed by atoms with Crippen molar-refractivity contribution in [3.05, 3.63) is 27.7 Å². The second kappa shape index (κ2) is 3.21. The molecule has 0 aliphatic heterocycles. The largest absolute Gasteiger partial charge is 0.506 e. The van der Waals surface area contributed by atoms with Gasteiger partial charge in [-0.15, -0.1) is 0 Å². The SMILES string of the molecule is Cc1c(C(F)(F)F)ccc(Br)c1O. The molecular formula is C8H6BrF3O. The minimum atomic E-state index is -4.41. The molecule has 1 aromatic carbocycles. The summed E-state index contributed by atoms with van der Waals surface area (Å²) in [7, 11) is 0. The van der Waals surface area contributed by atoms with Gasteiger partial charge in [-0.1, -0.05) is 0 Å². The lowest BCUT2D eigenvalue weighted by Gasteiger charge is -2.11. The van der Waals surface area contributed by atoms with E-state index < -0.39 is 11.7 Å². The van der Waals surface area contributed by atoms with Gasteiger partial charge in [0.2, 0.25) is 0 Å². The zero-order valence-corrected chi connectivity index (χ0v) is 8.20. The minimum absolute atomic E-state index is 0.165. The summed E-state index contributed by atoms with van der Waals surface area (Å²) in [6.45, 7) is 1.23. The molecule has 0 spiro atoms. The molecule has 0 saturated heterocycles. The van der Waals surface area contributed by atoms with Crippen LogP contribution in [0, 0.1) is 6.92 Å². The molecule has 1 nitrogen and oxygen atoms in total. The quantitative estimate of drug-likeness (QED) is 0.752. The third-order valence-corrected chi connectivity index (χ3v) is 2.33. The first-order valence-electron chi connectivity index (χ1n) is 3.39. The Balaban J connectivity index is 3.35. The van der Waals surface area contributed by atoms with Crippen LogP contribution < -0.4 is 0 Å². The van der Waals surface area contributed by atoms with Gasteiger partial charge in [0.25, 0.3) is 0 Å². The van der Waals surface area contributed by atoms with Crippen molar-refractivity contribution in [1.29, 1.82) is 0 Å². The van der Waals surface area contributed by atoms with Gasteiger partial charge in [-0.05, 0) is 35.0 Å². The maximum atomic E-state index is 12.2. The summed E-state index contributed by atoms with van der Waals surface area (Å²) in [6, 6.07) is 2.10. The van der Waals surface area contributed by atoms with E-state index in [1.165, 1.54) is 13.0 Å². The van der Waals surface area contributed by atoms with Crippen LogP contribution in [0.4, 0.5) is 13.2 Å². The Bertz CT molecular complexity index is 333. The number of phenols is 1. The highest BCUT2D eigenvalue weighted by Crippen LogP contribution is 2.38. The molecule has 0 aliphatic rings. The van der Waals surface area contributed by atoms with Crippen molar-refractivity contribution in [2.24, 2.45) is 0 Å². The van der Waals surface area contributed by atoms with Gasteiger partial charge in [0.05, 0.1) is 10.0 Å². The molecular weight excluding hydrogens is 249 g/mol. The molecule has 0 amide bonds. The van der Waals surface area contributed by atoms with E-state index in [1.54, 1.807) is 0 Å². The molecule has 5 heteroatoms. The predicted molar refractivity (Wildman–Crippen MR) is 45.5 cm³/mol. The maximum Gasteiger partial charge on any atom is 0.416 e. The molecule has 13 heavy (non-hydrogen) atoms. The highest BCUT2D eigenvalue weighted by atomic mass is 79.9. The van der Waals surface area contributed by atoms with Gasteiger partial charge in [0, 0.05) is 5.56 Å². The Morgan fingerprint density at radius 1 is 1.31 bits per heavy atom. The fourth-order valence-corrected chi connectivity index (χ4v) is 1.40. The number of hydrogen-bond acceptors (Lipinski definition) is 1. The standard InChI is InChI=1S/C8H6BrF3O/c1-4-5(8(10,11)12)2-3-6(9)7(4)13/h2-3,13H,1H3. The Kier molecular flexibility index (Phi) is 2.56. The van der Waals surface area contributed by atoms with E-state index in [4.69, 9.17) is 0 Å². The summed E-state index contributed by atoms with van der Waals surface area (Å²) in [5, 5.41) is 9.20. The van der Waals surface area contributed by atoms with Gasteiger partial charge in [-0.3, -0.25) is 0 Å². The fourth-order valence-electron chi connectivity index (χ4n) is 0.974. The van der Waals surface area contributed by atoms with E-state index in [1.807, 2.05) is 0 Å². The summed E-state index contributed by atoms with van der Waals surface area (Å²) in [5.41, 5.74) is -0.977. The van der Waals surface area contributed by atoms with E-state index in [0.29, 0.717) is 0 Å². The summed E-state index contributed by atoms with van der Waals surface area (Å²) in [4.78, 5) is 0. The number of phenolic OH excluding ortho intramolecular Hbond substituents is 1. The van der Waals surface area contributed by atoms with Crippen LogP contribution in [0.2, 0.25) is 0 Å². The second-order valence-electron chi connectivity index (χ2n) is 2.57. The molecule has 0 atom stereocenters. The molecule has 0 radical (unpaired) electrons. The molecule has 0 fully saturated rings. The van der Waals surface area contributed by atoms with Gasteiger partial charge in [0.1, 0.15) is 5.75 Å². The van der Waals surface area contributed by atoms with E-state index in [-0.39, 0.29) is 15.8 Å². The van der Waals surface area contributed by atoms with Crippen LogP contribution in [0.1, 0.15) is 11.1 Å². The zero-order chi connectivity index (χ0) is 10.2. The monoisotopic (exact) mass is 254 g/mol. The van der Waals surface area contributed by atoms with Crippen LogP contribution in [0.5, 0.6) is 5.75 Å². The average molecular weight is 255 g/mol. The Morgan fingerprint density at radius 2 is 1.85 bits per heavy atom. The summed E-state index contributed by atoms with van der Waals surface area (Å²) >= 11 is 2.93. The van der Waals surface area contributed by atoms with Gasteiger partial charge >= 0.3 is 6.18 Å². The molecule has 0 saturated carbocycles. The molecule has 0 aliphatic carbocycles. The topological polar surface area (TPSA) is 20.2 Å². The van der Waals surface area contributed by atoms with Crippen molar-refractivity contribution in [2.45, 2.75) is 13.1 Å². The first-order chi connectivity index (χ1) is 5.84. The van der Waals surface area contributed by atoms with Gasteiger partial charge in [-0.25, -0.2) is 0 Å². The highest BCUT2D eigenvalue weighted by molar-refractivity contribution is 9.10. The first-order valence-corrected chi connectivity index (χ1v) is 4.18. The molecule has 1 aromatic rings. The number of rotatable bonds is 0. The molecule has 0 aromatic heterocycles. The Morgan fingerprint density at radius 3 is 2.31 bits per heavy atom. The number of benzene rings is 1. The second-order valence-corrected chi connectivity index (χ2v) is 3.42. The van der Waals surface area contributed by atoms with Gasteiger partial charge in [0.15, 0.2) is 0 Å². The van der Waals surface area contributed by atoms with Crippen LogP contribution >= 0.6 is 15.9 Å². The van der Waals surface area contributed by atoms with Crippen LogP contribution in [0.3, 0.4) is 0 Å². The van der Waals surface area contributed by atoms with Crippen molar-refractivity contribution < 1.29 is 18.3 Å². The predicted octanol–water partition coefficient (Wildman–Crippen LogP) is 3.48. The summed E-state index contributed by atoms with van der Waals surface area (Å²) < 4.78 is 37.0. The van der Waals surface area contributed by atoms with Crippen LogP contribution in [-0.4, -0.2) is 5.11 Å². The Hall–Kier alpha value is -0.710. The van der Waals surface area contributed by atoms with Crippen LogP contribution in [-0.2, 0) is 6.18 Å². The van der Waals surface area contributed by atoms with E-state index in [9.17, 15) is 18.3 Å². The zero-order valence-electron chi connectivity index (χ0n) is 6.61. The third kappa shape index (κ3) is 1.96. The summed E-state index contributed by atoms with van der Waals surface area (Å²) in [5.74, 6) is -0.366. The smallest absolute Gasteiger partial charge is 0.416 e. The van der Waals surface area contributed by atoms with Crippen molar-refractivity contribution in [3.8, 4) is 5.75 Å². The van der Waals surface area contributed by atoms with E-state index in [0.717, 1.165) is 6.07 Å². The molecule has 0 heterocycles. The maximum absolute atomic E-state index is 12.2. The van der Waals surface area contributed by atoms with E-state index >= 15 is 0 Å². The van der Waals surface area contributed by atoms with Crippen LogP contribution in [0.25, 0.3) is 0 Å². The summed E-state index contributed by atoms with van der Waals surface area (Å²) in [6.07, 6.45) is -4.41. The first kappa shape index (κ1) is 10.4. The Labute approximate surface area is 81.3 Å². The molecule has 1 N–H and O–H groups in total. The normalized spacial score (nSPS) is 11.8. The van der Waals surface area contributed by atoms with Crippen LogP contribution in [0.15, 0.2) is 16.6 Å². The molecule has 72 valence electrons. The fraction of sp³-hybridized carbons (Fsp3) is 0.250. The van der Waals surface area contributed by atoms with Gasteiger partial charge in [-0.2, -0.15) is 13.2 Å². The lowest BCUT2D eigenvalue weighted by molar-refractivity contribution is -0.138. The van der Waals surface area contributed by atoms with Crippen molar-refractivity contribution in [1.82, 2.24) is 0 Å². The highest BCUT2D eigenvalue weighted by Gasteiger charge is 2.33. The number of alkyl halides is 3. The van der Waals surface area contributed by atoms with Crippen molar-refractivity contribution >= 4 is 15.9 Å². The molecule has 1 rings (SSSR count). The number of hydrogen-bond donors (Lipinski definition) is 1. The number of aromatic hydroxyl groups is 1. The lowest BCUT2D eigenvalue weighted by Crippen LogP contribution is -2.07. The van der Waals surface area contributed by atoms with E-state index in [2.05, 4.69) is 15.9 Å². The lowest BCUT2D eigenvalue weighted by atomic mass is 10.1. The van der Waals surface area contributed by atoms with Gasteiger partial charge < -0.3 is 5.11 Å². The minimum Gasteiger partial charge on any atom is -0.506 e.